The van der Waals surface area contributed by atoms with Crippen molar-refractivity contribution in [2.45, 2.75) is 38.0 Å². The van der Waals surface area contributed by atoms with Crippen LogP contribution in [0.3, 0.4) is 0 Å². The molecule has 3 nitrogen and oxygen atoms in total. The minimum absolute atomic E-state index is 0.349. The summed E-state index contributed by atoms with van der Waals surface area (Å²) in [5, 5.41) is 0. The molecule has 20 heavy (non-hydrogen) atoms. The van der Waals surface area contributed by atoms with Crippen molar-refractivity contribution >= 4 is 5.78 Å². The van der Waals surface area contributed by atoms with Crippen LogP contribution in [0.5, 0.6) is 5.75 Å². The molecule has 2 rings (SSSR count). The van der Waals surface area contributed by atoms with Crippen molar-refractivity contribution < 1.29 is 9.53 Å². The monoisotopic (exact) mass is 275 g/mol. The van der Waals surface area contributed by atoms with Crippen molar-refractivity contribution in [2.24, 2.45) is 0 Å². The van der Waals surface area contributed by atoms with E-state index in [4.69, 9.17) is 4.74 Å². The van der Waals surface area contributed by atoms with Gasteiger partial charge in [0.15, 0.2) is 0 Å². The highest BCUT2D eigenvalue weighted by Crippen LogP contribution is 2.39. The van der Waals surface area contributed by atoms with Gasteiger partial charge in [0.05, 0.1) is 12.5 Å². The van der Waals surface area contributed by atoms with Crippen molar-refractivity contribution in [1.29, 1.82) is 0 Å². The maximum atomic E-state index is 12.5. The molecule has 1 aliphatic carbocycles. The summed E-state index contributed by atoms with van der Waals surface area (Å²) in [4.78, 5) is 14.7. The lowest BCUT2D eigenvalue weighted by Crippen LogP contribution is -2.38. The van der Waals surface area contributed by atoms with Gasteiger partial charge in [-0.2, -0.15) is 0 Å². The molecule has 0 fully saturated rings. The molecule has 1 atom stereocenters. The smallest absolute Gasteiger partial charge is 0.143 e. The van der Waals surface area contributed by atoms with Gasteiger partial charge in [0.2, 0.25) is 0 Å². The van der Waals surface area contributed by atoms with Crippen LogP contribution in [-0.2, 0) is 16.6 Å². The van der Waals surface area contributed by atoms with Crippen molar-refractivity contribution in [3.05, 3.63) is 29.3 Å². The molecule has 0 aliphatic heterocycles. The van der Waals surface area contributed by atoms with Crippen LogP contribution in [-0.4, -0.2) is 38.4 Å². The maximum absolute atomic E-state index is 12.5. The van der Waals surface area contributed by atoms with Gasteiger partial charge in [-0.25, -0.2) is 0 Å². The third kappa shape index (κ3) is 2.88. The zero-order valence-corrected chi connectivity index (χ0v) is 13.0. The maximum Gasteiger partial charge on any atom is 0.143 e. The minimum Gasteiger partial charge on any atom is -0.497 e. The number of fused-ring (bicyclic) bond motifs is 1. The van der Waals surface area contributed by atoms with E-state index in [9.17, 15) is 4.79 Å². The highest BCUT2D eigenvalue weighted by Gasteiger charge is 2.39. The summed E-state index contributed by atoms with van der Waals surface area (Å²) in [6, 6.07) is 6.17. The molecule has 0 saturated carbocycles. The second kappa shape index (κ2) is 5.96. The third-order valence-electron chi connectivity index (χ3n) is 4.43. The van der Waals surface area contributed by atoms with Gasteiger partial charge in [-0.15, -0.1) is 0 Å². The van der Waals surface area contributed by atoms with Gasteiger partial charge < -0.3 is 9.64 Å². The molecule has 1 aromatic rings. The van der Waals surface area contributed by atoms with Gasteiger partial charge in [-0.05, 0) is 70.1 Å². The molecule has 0 radical (unpaired) electrons. The first-order chi connectivity index (χ1) is 9.47. The molecule has 110 valence electrons. The summed E-state index contributed by atoms with van der Waals surface area (Å²) in [5.41, 5.74) is 2.13. The predicted molar refractivity (Wildman–Crippen MR) is 81.5 cm³/mol. The van der Waals surface area contributed by atoms with Crippen LogP contribution in [0.2, 0.25) is 0 Å². The van der Waals surface area contributed by atoms with E-state index in [0.717, 1.165) is 31.6 Å². The number of methoxy groups -OCH3 is 1. The summed E-state index contributed by atoms with van der Waals surface area (Å²) in [7, 11) is 5.82. The average molecular weight is 275 g/mol. The molecule has 0 N–H and O–H groups in total. The zero-order chi connectivity index (χ0) is 14.8. The summed E-state index contributed by atoms with van der Waals surface area (Å²) in [5.74, 6) is 1.22. The van der Waals surface area contributed by atoms with Crippen LogP contribution in [0.25, 0.3) is 0 Å². The Bertz CT molecular complexity index is 496. The van der Waals surface area contributed by atoms with E-state index in [1.54, 1.807) is 7.11 Å². The zero-order valence-electron chi connectivity index (χ0n) is 13.0. The van der Waals surface area contributed by atoms with Gasteiger partial charge >= 0.3 is 0 Å². The molecule has 0 unspecified atom stereocenters. The molecule has 0 amide bonds. The fraction of sp³-hybridized carbons (Fsp3) is 0.588. The second-order valence-electron chi connectivity index (χ2n) is 6.19. The molecule has 1 aliphatic rings. The number of rotatable bonds is 5. The Balaban J connectivity index is 2.29. The lowest BCUT2D eigenvalue weighted by molar-refractivity contribution is -0.125. The standard InChI is InChI=1S/C17H25NO2/c1-17(10-5-11-18(2)3)15-12-14(20-4)8-6-13(15)7-9-16(17)19/h6,8,12H,5,7,9-11H2,1-4H3/t17-/m0/s1. The fourth-order valence-electron chi connectivity index (χ4n) is 3.11. The van der Waals surface area contributed by atoms with Gasteiger partial charge in [0, 0.05) is 6.42 Å². The second-order valence-corrected chi connectivity index (χ2v) is 6.19. The summed E-state index contributed by atoms with van der Waals surface area (Å²) >= 11 is 0. The summed E-state index contributed by atoms with van der Waals surface area (Å²) in [6.45, 7) is 3.12. The number of nitrogens with zero attached hydrogens (tertiary/aromatic N) is 1. The topological polar surface area (TPSA) is 29.5 Å². The number of carbonyl (C=O) groups is 1. The molecular formula is C17H25NO2. The van der Waals surface area contributed by atoms with Crippen LogP contribution < -0.4 is 4.74 Å². The number of hydrogen-bond acceptors (Lipinski definition) is 3. The lowest BCUT2D eigenvalue weighted by Gasteiger charge is -2.35. The fourth-order valence-corrected chi connectivity index (χ4v) is 3.11. The van der Waals surface area contributed by atoms with Crippen LogP contribution in [0.1, 0.15) is 37.3 Å². The Morgan fingerprint density at radius 3 is 2.70 bits per heavy atom. The number of ketones is 1. The Morgan fingerprint density at radius 1 is 1.30 bits per heavy atom. The summed E-state index contributed by atoms with van der Waals surface area (Å²) in [6.07, 6.45) is 3.47. The highest BCUT2D eigenvalue weighted by atomic mass is 16.5. The predicted octanol–water partition coefficient (Wildman–Crippen LogP) is 2.81. The Morgan fingerprint density at radius 2 is 2.05 bits per heavy atom. The van der Waals surface area contributed by atoms with Gasteiger partial charge in [-0.3, -0.25) is 4.79 Å². The number of hydrogen-bond donors (Lipinski definition) is 0. The molecule has 0 heterocycles. The van der Waals surface area contributed by atoms with E-state index >= 15 is 0 Å². The number of aryl methyl sites for hydroxylation is 1. The van der Waals surface area contributed by atoms with Crippen molar-refractivity contribution in [3.8, 4) is 5.75 Å². The number of benzene rings is 1. The van der Waals surface area contributed by atoms with E-state index in [2.05, 4.69) is 38.1 Å². The van der Waals surface area contributed by atoms with E-state index in [1.165, 1.54) is 11.1 Å². The first-order valence-electron chi connectivity index (χ1n) is 7.33. The van der Waals surface area contributed by atoms with E-state index in [1.807, 2.05) is 6.07 Å². The molecule has 0 saturated heterocycles. The highest BCUT2D eigenvalue weighted by molar-refractivity contribution is 5.92. The lowest BCUT2D eigenvalue weighted by atomic mass is 9.68. The molecular weight excluding hydrogens is 250 g/mol. The van der Waals surface area contributed by atoms with Crippen LogP contribution >= 0.6 is 0 Å². The van der Waals surface area contributed by atoms with Gasteiger partial charge in [0.1, 0.15) is 11.5 Å². The van der Waals surface area contributed by atoms with E-state index < -0.39 is 0 Å². The van der Waals surface area contributed by atoms with Gasteiger partial charge in [-0.1, -0.05) is 6.07 Å². The summed E-state index contributed by atoms with van der Waals surface area (Å²) < 4.78 is 5.33. The van der Waals surface area contributed by atoms with Gasteiger partial charge in [0.25, 0.3) is 0 Å². The molecule has 3 heteroatoms. The number of carbonyl (C=O) groups excluding carboxylic acids is 1. The third-order valence-corrected chi connectivity index (χ3v) is 4.43. The molecule has 0 bridgehead atoms. The quantitative estimate of drug-likeness (QED) is 0.827. The Kier molecular flexibility index (Phi) is 4.48. The minimum atomic E-state index is -0.349. The largest absolute Gasteiger partial charge is 0.497 e. The molecule has 1 aromatic carbocycles. The van der Waals surface area contributed by atoms with Crippen molar-refractivity contribution in [3.63, 3.8) is 0 Å². The average Bonchev–Trinajstić information content (AvgIpc) is 2.42. The first-order valence-corrected chi connectivity index (χ1v) is 7.33. The number of ether oxygens (including phenoxy) is 1. The first kappa shape index (κ1) is 15.0. The molecule has 0 spiro atoms. The van der Waals surface area contributed by atoms with Crippen LogP contribution in [0.4, 0.5) is 0 Å². The van der Waals surface area contributed by atoms with E-state index in [0.29, 0.717) is 12.2 Å². The normalized spacial score (nSPS) is 21.9. The van der Waals surface area contributed by atoms with E-state index in [-0.39, 0.29) is 5.41 Å². The number of Topliss-reactive ketones (excluding diaryl/α,β-unsaturated/α-hetero) is 1. The van der Waals surface area contributed by atoms with Crippen molar-refractivity contribution in [2.75, 3.05) is 27.7 Å². The van der Waals surface area contributed by atoms with Crippen molar-refractivity contribution in [1.82, 2.24) is 4.90 Å². The van der Waals surface area contributed by atoms with Crippen LogP contribution in [0, 0.1) is 0 Å². The van der Waals surface area contributed by atoms with Crippen LogP contribution in [0.15, 0.2) is 18.2 Å². The Hall–Kier alpha value is -1.35. The molecule has 0 aromatic heterocycles. The Labute approximate surface area is 121 Å². The SMILES string of the molecule is COc1ccc2c(c1)[C@](C)(CCCN(C)C)C(=O)CC2.